The van der Waals surface area contributed by atoms with Crippen LogP contribution in [0.4, 0.5) is 0 Å². The lowest BCUT2D eigenvalue weighted by molar-refractivity contribution is -0.170. The third-order valence-electron chi connectivity index (χ3n) is 2.21. The van der Waals surface area contributed by atoms with Crippen molar-refractivity contribution < 1.29 is 23.8 Å². The van der Waals surface area contributed by atoms with E-state index in [4.69, 9.17) is 14.2 Å². The summed E-state index contributed by atoms with van der Waals surface area (Å²) in [5.41, 5.74) is 0. The van der Waals surface area contributed by atoms with Crippen LogP contribution in [0.25, 0.3) is 0 Å². The van der Waals surface area contributed by atoms with Crippen molar-refractivity contribution in [3.63, 3.8) is 0 Å². The van der Waals surface area contributed by atoms with E-state index in [1.165, 1.54) is 13.8 Å². The second kappa shape index (κ2) is 6.70. The monoisotopic (exact) mass is 372 g/mol. The lowest BCUT2D eigenvalue weighted by Gasteiger charge is -2.36. The molecule has 0 aliphatic carbocycles. The Morgan fingerprint density at radius 1 is 1.29 bits per heavy atom. The third kappa shape index (κ3) is 4.93. The number of carbonyl (C=O) groups excluding carboxylic acids is 2. The molecule has 0 aromatic heterocycles. The summed E-state index contributed by atoms with van der Waals surface area (Å²) in [6, 6.07) is 0. The molecular weight excluding hydrogens is 360 g/mol. The highest BCUT2D eigenvalue weighted by molar-refractivity contribution is 9.10. The van der Waals surface area contributed by atoms with Crippen molar-refractivity contribution >= 4 is 43.8 Å². The van der Waals surface area contributed by atoms with Gasteiger partial charge in [-0.15, -0.1) is 0 Å². The third-order valence-corrected chi connectivity index (χ3v) is 3.69. The fourth-order valence-electron chi connectivity index (χ4n) is 1.54. The number of alkyl halides is 2. The Morgan fingerprint density at radius 2 is 1.94 bits per heavy atom. The molecule has 1 heterocycles. The Balaban J connectivity index is 2.64. The smallest absolute Gasteiger partial charge is 0.303 e. The summed E-state index contributed by atoms with van der Waals surface area (Å²) in [6.45, 7) is 2.72. The molecule has 1 rings (SSSR count). The second-order valence-electron chi connectivity index (χ2n) is 3.71. The molecule has 1 aliphatic heterocycles. The van der Waals surface area contributed by atoms with E-state index in [1.807, 2.05) is 0 Å². The summed E-state index contributed by atoms with van der Waals surface area (Å²) in [7, 11) is 0. The normalized spacial score (nSPS) is 32.9. The maximum Gasteiger partial charge on any atom is 0.303 e. The summed E-state index contributed by atoms with van der Waals surface area (Å²) in [4.78, 5) is 21.7. The first-order chi connectivity index (χ1) is 7.90. The first-order valence-corrected chi connectivity index (χ1v) is 6.97. The van der Waals surface area contributed by atoms with Gasteiger partial charge in [-0.3, -0.25) is 9.59 Å². The van der Waals surface area contributed by atoms with Crippen LogP contribution in [0.3, 0.4) is 0 Å². The van der Waals surface area contributed by atoms with Crippen molar-refractivity contribution in [2.75, 3.05) is 6.61 Å². The van der Waals surface area contributed by atoms with Gasteiger partial charge in [-0.1, -0.05) is 31.9 Å². The second-order valence-corrected chi connectivity index (χ2v) is 5.91. The fraction of sp³-hybridized carbons (Fsp3) is 0.800. The van der Waals surface area contributed by atoms with E-state index in [0.717, 1.165) is 0 Å². The highest BCUT2D eigenvalue weighted by Crippen LogP contribution is 2.31. The van der Waals surface area contributed by atoms with Gasteiger partial charge in [-0.25, -0.2) is 0 Å². The molecular formula is C10H14Br2O5. The van der Waals surface area contributed by atoms with Crippen molar-refractivity contribution in [3.05, 3.63) is 0 Å². The molecule has 0 aromatic carbocycles. The lowest BCUT2D eigenvalue weighted by atomic mass is 10.1. The number of carbonyl (C=O) groups is 2. The summed E-state index contributed by atoms with van der Waals surface area (Å²) in [5, 5.41) is -0.153. The van der Waals surface area contributed by atoms with E-state index in [1.54, 1.807) is 0 Å². The SMILES string of the molecule is CC(=O)OCC1OC(Br)CC(Br)C1OC(C)=O. The minimum atomic E-state index is -0.467. The summed E-state index contributed by atoms with van der Waals surface area (Å²) < 4.78 is 15.6. The zero-order valence-electron chi connectivity index (χ0n) is 9.52. The molecule has 0 spiro atoms. The van der Waals surface area contributed by atoms with E-state index < -0.39 is 18.2 Å². The maximum absolute atomic E-state index is 11.0. The van der Waals surface area contributed by atoms with Gasteiger partial charge in [0.15, 0.2) is 0 Å². The standard InChI is InChI=1S/C10H14Br2O5/c1-5(13)15-4-8-10(16-6(2)14)7(11)3-9(12)17-8/h7-10H,3-4H2,1-2H3. The van der Waals surface area contributed by atoms with Crippen LogP contribution in [0.15, 0.2) is 0 Å². The van der Waals surface area contributed by atoms with Crippen LogP contribution in [0, 0.1) is 0 Å². The van der Waals surface area contributed by atoms with Gasteiger partial charge < -0.3 is 14.2 Å². The van der Waals surface area contributed by atoms with Gasteiger partial charge in [0, 0.05) is 13.8 Å². The van der Waals surface area contributed by atoms with Crippen molar-refractivity contribution in [1.82, 2.24) is 0 Å². The van der Waals surface area contributed by atoms with E-state index in [0.29, 0.717) is 6.42 Å². The van der Waals surface area contributed by atoms with Crippen LogP contribution >= 0.6 is 31.9 Å². The van der Waals surface area contributed by atoms with Crippen LogP contribution in [-0.2, 0) is 23.8 Å². The van der Waals surface area contributed by atoms with Crippen LogP contribution in [0.5, 0.6) is 0 Å². The van der Waals surface area contributed by atoms with Crippen molar-refractivity contribution in [2.45, 2.75) is 42.3 Å². The fourth-order valence-corrected chi connectivity index (χ4v) is 3.51. The lowest BCUT2D eigenvalue weighted by Crippen LogP contribution is -2.48. The summed E-state index contributed by atoms with van der Waals surface area (Å²) in [5.74, 6) is -0.776. The van der Waals surface area contributed by atoms with Crippen LogP contribution in [-0.4, -0.2) is 40.6 Å². The average molecular weight is 374 g/mol. The zero-order chi connectivity index (χ0) is 13.0. The topological polar surface area (TPSA) is 61.8 Å². The molecule has 0 amide bonds. The molecule has 0 saturated carbocycles. The Labute approximate surface area is 116 Å². The van der Waals surface area contributed by atoms with Gasteiger partial charge in [-0.2, -0.15) is 0 Å². The molecule has 7 heteroatoms. The molecule has 98 valence electrons. The predicted molar refractivity (Wildman–Crippen MR) is 67.1 cm³/mol. The number of hydrogen-bond donors (Lipinski definition) is 0. The first-order valence-electron chi connectivity index (χ1n) is 5.14. The van der Waals surface area contributed by atoms with E-state index in [9.17, 15) is 9.59 Å². The van der Waals surface area contributed by atoms with Crippen LogP contribution in [0.2, 0.25) is 0 Å². The quantitative estimate of drug-likeness (QED) is 0.557. The molecule has 4 unspecified atom stereocenters. The largest absolute Gasteiger partial charge is 0.463 e. The summed E-state index contributed by atoms with van der Waals surface area (Å²) in [6.07, 6.45) is -0.264. The van der Waals surface area contributed by atoms with Crippen molar-refractivity contribution in [1.29, 1.82) is 0 Å². The number of rotatable bonds is 3. The van der Waals surface area contributed by atoms with Crippen molar-refractivity contribution in [2.24, 2.45) is 0 Å². The molecule has 17 heavy (non-hydrogen) atoms. The molecule has 1 saturated heterocycles. The molecule has 0 radical (unpaired) electrons. The van der Waals surface area contributed by atoms with Crippen LogP contribution in [0.1, 0.15) is 20.3 Å². The van der Waals surface area contributed by atoms with E-state index in [2.05, 4.69) is 31.9 Å². The van der Waals surface area contributed by atoms with Gasteiger partial charge in [0.2, 0.25) is 0 Å². The van der Waals surface area contributed by atoms with E-state index >= 15 is 0 Å². The Hall–Kier alpha value is -0.140. The molecule has 0 N–H and O–H groups in total. The first kappa shape index (κ1) is 14.9. The highest BCUT2D eigenvalue weighted by Gasteiger charge is 2.39. The van der Waals surface area contributed by atoms with Crippen molar-refractivity contribution in [3.8, 4) is 0 Å². The number of hydrogen-bond acceptors (Lipinski definition) is 5. The zero-order valence-corrected chi connectivity index (χ0v) is 12.7. The number of halogens is 2. The highest BCUT2D eigenvalue weighted by atomic mass is 79.9. The number of ether oxygens (including phenoxy) is 3. The van der Waals surface area contributed by atoms with Gasteiger partial charge in [0.05, 0.1) is 4.83 Å². The number of esters is 2. The molecule has 5 nitrogen and oxygen atoms in total. The van der Waals surface area contributed by atoms with Gasteiger partial charge in [-0.05, 0) is 6.42 Å². The molecule has 0 bridgehead atoms. The minimum Gasteiger partial charge on any atom is -0.463 e. The Bertz CT molecular complexity index is 296. The van der Waals surface area contributed by atoms with Gasteiger partial charge in [0.25, 0.3) is 0 Å². The van der Waals surface area contributed by atoms with Crippen LogP contribution < -0.4 is 0 Å². The maximum atomic E-state index is 11.0. The predicted octanol–water partition coefficient (Wildman–Crippen LogP) is 1.75. The summed E-state index contributed by atoms with van der Waals surface area (Å²) >= 11 is 6.78. The molecule has 1 aliphatic rings. The Morgan fingerprint density at radius 3 is 2.47 bits per heavy atom. The Kier molecular flexibility index (Phi) is 5.88. The molecule has 1 fully saturated rings. The minimum absolute atomic E-state index is 0.0370. The average Bonchev–Trinajstić information content (AvgIpc) is 2.18. The molecule has 0 aromatic rings. The van der Waals surface area contributed by atoms with E-state index in [-0.39, 0.29) is 22.4 Å². The van der Waals surface area contributed by atoms with Gasteiger partial charge in [0.1, 0.15) is 23.8 Å². The molecule has 4 atom stereocenters. The van der Waals surface area contributed by atoms with Gasteiger partial charge >= 0.3 is 11.9 Å².